The highest BCUT2D eigenvalue weighted by atomic mass is 16.5. The molecule has 0 bridgehead atoms. The van der Waals surface area contributed by atoms with Gasteiger partial charge in [-0.2, -0.15) is 0 Å². The fourth-order valence-corrected chi connectivity index (χ4v) is 3.30. The summed E-state index contributed by atoms with van der Waals surface area (Å²) in [6.07, 6.45) is 0.305. The lowest BCUT2D eigenvalue weighted by Crippen LogP contribution is -2.40. The Hall–Kier alpha value is -2.40. The van der Waals surface area contributed by atoms with E-state index >= 15 is 0 Å². The Labute approximate surface area is 174 Å². The van der Waals surface area contributed by atoms with Gasteiger partial charge >= 0.3 is 6.09 Å². The largest absolute Gasteiger partial charge is 0.445 e. The SMILES string of the molecule is Cc1ccc(-c2c(CO)c(C)nc(CC(C)C)c2COC(=O)NC(C)(C)C)cc1. The van der Waals surface area contributed by atoms with Crippen LogP contribution >= 0.6 is 0 Å². The molecular weight excluding hydrogens is 364 g/mol. The zero-order valence-electron chi connectivity index (χ0n) is 18.7. The van der Waals surface area contributed by atoms with Gasteiger partial charge in [-0.25, -0.2) is 4.79 Å². The number of nitrogens with zero attached hydrogens (tertiary/aromatic N) is 1. The monoisotopic (exact) mass is 398 g/mol. The van der Waals surface area contributed by atoms with Gasteiger partial charge in [-0.05, 0) is 58.1 Å². The number of hydrogen-bond donors (Lipinski definition) is 2. The number of alkyl carbamates (subject to hydrolysis) is 1. The quantitative estimate of drug-likeness (QED) is 0.712. The molecule has 5 heteroatoms. The molecule has 0 aliphatic heterocycles. The van der Waals surface area contributed by atoms with Crippen molar-refractivity contribution in [2.45, 2.75) is 73.6 Å². The normalized spacial score (nSPS) is 11.6. The minimum atomic E-state index is -0.464. The van der Waals surface area contributed by atoms with Gasteiger partial charge in [-0.1, -0.05) is 43.7 Å². The van der Waals surface area contributed by atoms with E-state index in [4.69, 9.17) is 9.72 Å². The fourth-order valence-electron chi connectivity index (χ4n) is 3.30. The highest BCUT2D eigenvalue weighted by Crippen LogP contribution is 2.33. The average Bonchev–Trinajstić information content (AvgIpc) is 2.59. The first-order valence-electron chi connectivity index (χ1n) is 10.2. The van der Waals surface area contributed by atoms with E-state index in [9.17, 15) is 9.90 Å². The molecule has 1 amide bonds. The molecule has 0 fully saturated rings. The molecule has 5 nitrogen and oxygen atoms in total. The summed E-state index contributed by atoms with van der Waals surface area (Å²) in [5.74, 6) is 0.398. The van der Waals surface area contributed by atoms with Gasteiger partial charge in [0.2, 0.25) is 0 Å². The van der Waals surface area contributed by atoms with Crippen LogP contribution in [0.2, 0.25) is 0 Å². The second-order valence-electron chi connectivity index (χ2n) is 9.05. The van der Waals surface area contributed by atoms with E-state index in [1.54, 1.807) is 0 Å². The molecule has 0 radical (unpaired) electrons. The third-order valence-corrected chi connectivity index (χ3v) is 4.62. The van der Waals surface area contributed by atoms with Gasteiger partial charge in [0.25, 0.3) is 0 Å². The van der Waals surface area contributed by atoms with Gasteiger partial charge in [0.15, 0.2) is 0 Å². The first kappa shape index (κ1) is 22.9. The number of aliphatic hydroxyl groups is 1. The first-order valence-corrected chi connectivity index (χ1v) is 10.2. The second kappa shape index (κ2) is 9.40. The number of carbonyl (C=O) groups is 1. The molecule has 1 heterocycles. The smallest absolute Gasteiger partial charge is 0.407 e. The van der Waals surface area contributed by atoms with Gasteiger partial charge in [0, 0.05) is 28.1 Å². The summed E-state index contributed by atoms with van der Waals surface area (Å²) in [5, 5.41) is 12.9. The van der Waals surface area contributed by atoms with E-state index in [1.807, 2.05) is 58.9 Å². The van der Waals surface area contributed by atoms with Crippen LogP contribution in [0.1, 0.15) is 62.7 Å². The summed E-state index contributed by atoms with van der Waals surface area (Å²) in [5.41, 5.74) is 6.05. The molecule has 1 aromatic heterocycles. The van der Waals surface area contributed by atoms with E-state index in [2.05, 4.69) is 19.2 Å². The lowest BCUT2D eigenvalue weighted by atomic mass is 9.90. The predicted molar refractivity (Wildman–Crippen MR) is 117 cm³/mol. The molecular formula is C24H34N2O3. The molecule has 29 heavy (non-hydrogen) atoms. The second-order valence-corrected chi connectivity index (χ2v) is 9.05. The van der Waals surface area contributed by atoms with Crippen LogP contribution in [0.4, 0.5) is 4.79 Å². The number of aliphatic hydroxyl groups excluding tert-OH is 1. The van der Waals surface area contributed by atoms with Crippen molar-refractivity contribution in [1.29, 1.82) is 0 Å². The van der Waals surface area contributed by atoms with Crippen molar-refractivity contribution >= 4 is 6.09 Å². The molecule has 0 saturated heterocycles. The maximum atomic E-state index is 12.3. The average molecular weight is 399 g/mol. The minimum Gasteiger partial charge on any atom is -0.445 e. The molecule has 0 spiro atoms. The van der Waals surface area contributed by atoms with Crippen molar-refractivity contribution in [3.63, 3.8) is 0 Å². The van der Waals surface area contributed by atoms with Crippen LogP contribution < -0.4 is 5.32 Å². The van der Waals surface area contributed by atoms with E-state index in [0.717, 1.165) is 45.6 Å². The van der Waals surface area contributed by atoms with Crippen molar-refractivity contribution in [2.24, 2.45) is 5.92 Å². The summed E-state index contributed by atoms with van der Waals surface area (Å²) < 4.78 is 5.58. The van der Waals surface area contributed by atoms with Gasteiger partial charge in [0.1, 0.15) is 6.61 Å². The van der Waals surface area contributed by atoms with Crippen LogP contribution in [-0.4, -0.2) is 21.7 Å². The molecule has 0 saturated carbocycles. The van der Waals surface area contributed by atoms with Crippen LogP contribution in [-0.2, 0) is 24.4 Å². The molecule has 0 aliphatic rings. The summed E-state index contributed by atoms with van der Waals surface area (Å²) >= 11 is 0. The molecule has 0 unspecified atom stereocenters. The van der Waals surface area contributed by atoms with Gasteiger partial charge < -0.3 is 15.2 Å². The minimum absolute atomic E-state index is 0.105. The van der Waals surface area contributed by atoms with Crippen molar-refractivity contribution in [3.8, 4) is 11.1 Å². The van der Waals surface area contributed by atoms with Gasteiger partial charge in [-0.3, -0.25) is 4.98 Å². The number of amides is 1. The Kier molecular flexibility index (Phi) is 7.42. The number of carbonyl (C=O) groups excluding carboxylic acids is 1. The number of benzene rings is 1. The summed E-state index contributed by atoms with van der Waals surface area (Å²) in [6, 6.07) is 8.18. The zero-order chi connectivity index (χ0) is 21.8. The van der Waals surface area contributed by atoms with E-state index in [0.29, 0.717) is 5.92 Å². The predicted octanol–water partition coefficient (Wildman–Crippen LogP) is 5.08. The lowest BCUT2D eigenvalue weighted by molar-refractivity contribution is 0.131. The molecule has 0 atom stereocenters. The maximum Gasteiger partial charge on any atom is 0.407 e. The maximum absolute atomic E-state index is 12.3. The van der Waals surface area contributed by atoms with Crippen LogP contribution in [0.5, 0.6) is 0 Å². The topological polar surface area (TPSA) is 71.5 Å². The summed E-state index contributed by atoms with van der Waals surface area (Å²) in [6.45, 7) is 14.0. The van der Waals surface area contributed by atoms with Crippen molar-refractivity contribution in [3.05, 3.63) is 52.3 Å². The molecule has 158 valence electrons. The number of hydrogen-bond acceptors (Lipinski definition) is 4. The Balaban J connectivity index is 2.56. The Morgan fingerprint density at radius 1 is 1.14 bits per heavy atom. The Morgan fingerprint density at radius 2 is 1.76 bits per heavy atom. The third-order valence-electron chi connectivity index (χ3n) is 4.62. The van der Waals surface area contributed by atoms with E-state index in [1.165, 1.54) is 0 Å². The first-order chi connectivity index (χ1) is 13.5. The molecule has 1 aromatic carbocycles. The van der Waals surface area contributed by atoms with Crippen molar-refractivity contribution in [2.75, 3.05) is 0 Å². The van der Waals surface area contributed by atoms with E-state index < -0.39 is 6.09 Å². The van der Waals surface area contributed by atoms with Crippen molar-refractivity contribution in [1.82, 2.24) is 10.3 Å². The number of nitrogens with one attached hydrogen (secondary N) is 1. The summed E-state index contributed by atoms with van der Waals surface area (Å²) in [4.78, 5) is 17.0. The number of rotatable bonds is 6. The van der Waals surface area contributed by atoms with Crippen LogP contribution in [0, 0.1) is 19.8 Å². The molecule has 0 aliphatic carbocycles. The zero-order valence-corrected chi connectivity index (χ0v) is 18.7. The fraction of sp³-hybridized carbons (Fsp3) is 0.500. The Morgan fingerprint density at radius 3 is 2.28 bits per heavy atom. The number of aromatic nitrogens is 1. The number of aryl methyl sites for hydroxylation is 2. The van der Waals surface area contributed by atoms with Crippen molar-refractivity contribution < 1.29 is 14.6 Å². The number of ether oxygens (including phenoxy) is 1. The Bertz CT molecular complexity index is 850. The highest BCUT2D eigenvalue weighted by Gasteiger charge is 2.22. The lowest BCUT2D eigenvalue weighted by Gasteiger charge is -2.23. The van der Waals surface area contributed by atoms with Gasteiger partial charge in [-0.15, -0.1) is 0 Å². The van der Waals surface area contributed by atoms with Crippen LogP contribution in [0.15, 0.2) is 24.3 Å². The summed E-state index contributed by atoms with van der Waals surface area (Å²) in [7, 11) is 0. The molecule has 2 N–H and O–H groups in total. The highest BCUT2D eigenvalue weighted by molar-refractivity contribution is 5.74. The molecule has 2 rings (SSSR count). The van der Waals surface area contributed by atoms with Gasteiger partial charge in [0.05, 0.1) is 6.61 Å². The number of pyridine rings is 1. The standard InChI is InChI=1S/C24H34N2O3/c1-15(2)12-21-20(14-29-23(28)26-24(5,6)7)22(19(13-27)17(4)25-21)18-10-8-16(3)9-11-18/h8-11,15,27H,12-14H2,1-7H3,(H,26,28). The molecule has 2 aromatic rings. The van der Waals surface area contributed by atoms with Crippen LogP contribution in [0.25, 0.3) is 11.1 Å². The van der Waals surface area contributed by atoms with Crippen LogP contribution in [0.3, 0.4) is 0 Å². The van der Waals surface area contributed by atoms with E-state index in [-0.39, 0.29) is 18.8 Å². The third kappa shape index (κ3) is 6.29.